The van der Waals surface area contributed by atoms with Crippen molar-refractivity contribution in [1.82, 2.24) is 9.62 Å². The molecule has 0 radical (unpaired) electrons. The van der Waals surface area contributed by atoms with Crippen LogP contribution in [0, 0.1) is 0 Å². The number of thiophene rings is 1. The van der Waals surface area contributed by atoms with Crippen molar-refractivity contribution in [2.45, 2.75) is 62.4 Å². The molecule has 2 aliphatic heterocycles. The Morgan fingerprint density at radius 1 is 1.30 bits per heavy atom. The van der Waals surface area contributed by atoms with Crippen molar-refractivity contribution in [3.05, 3.63) is 51.4 Å². The van der Waals surface area contributed by atoms with E-state index in [0.29, 0.717) is 25.5 Å². The number of carbonyl (C=O) groups excluding carboxylic acids is 1. The summed E-state index contributed by atoms with van der Waals surface area (Å²) in [5, 5.41) is 0. The first-order valence-corrected chi connectivity index (χ1v) is 13.7. The molecule has 2 aliphatic rings. The molecular weight excluding hydrogens is 460 g/mol. The first kappa shape index (κ1) is 24.3. The van der Waals surface area contributed by atoms with E-state index < -0.39 is 16.0 Å². The Hall–Kier alpha value is -1.78. The van der Waals surface area contributed by atoms with Gasteiger partial charge in [-0.2, -0.15) is 0 Å². The van der Waals surface area contributed by atoms with Crippen LogP contribution in [0.1, 0.15) is 64.5 Å². The quantitative estimate of drug-likeness (QED) is 0.566. The van der Waals surface area contributed by atoms with E-state index in [0.717, 1.165) is 36.4 Å². The molecule has 3 heterocycles. The Balaban J connectivity index is 1.54. The molecule has 1 atom stereocenters. The molecule has 7 nitrogen and oxygen atoms in total. The summed E-state index contributed by atoms with van der Waals surface area (Å²) in [6.07, 6.45) is 2.26. The Morgan fingerprint density at radius 3 is 2.70 bits per heavy atom. The second-order valence-electron chi connectivity index (χ2n) is 9.00. The van der Waals surface area contributed by atoms with Crippen LogP contribution >= 0.6 is 11.3 Å². The average molecular weight is 493 g/mol. The number of ether oxygens (including phenoxy) is 2. The number of hydrogen-bond acceptors (Lipinski definition) is 7. The first-order chi connectivity index (χ1) is 15.8. The highest BCUT2D eigenvalue weighted by Crippen LogP contribution is 2.37. The first-order valence-electron chi connectivity index (χ1n) is 11.4. The highest BCUT2D eigenvalue weighted by Gasteiger charge is 2.34. The Labute approximate surface area is 200 Å². The van der Waals surface area contributed by atoms with Gasteiger partial charge in [-0.15, -0.1) is 11.3 Å². The minimum Gasteiger partial charge on any atom is -0.465 e. The fourth-order valence-electron chi connectivity index (χ4n) is 4.40. The standard InChI is InChI=1S/C24H32N2O5S2/c1-16(2)18-8-6-17(7-9-18)14-26-11-10-20-21(15-26)32-24(22(20)23(27)30-3)33(28,29)25-13-19-5-4-12-31-19/h6-9,16,19,25H,4-5,10-15H2,1-3H3. The van der Waals surface area contributed by atoms with E-state index in [9.17, 15) is 13.2 Å². The van der Waals surface area contributed by atoms with E-state index in [4.69, 9.17) is 9.47 Å². The molecule has 0 aliphatic carbocycles. The summed E-state index contributed by atoms with van der Waals surface area (Å²) < 4.78 is 39.5. The van der Waals surface area contributed by atoms with Gasteiger partial charge < -0.3 is 9.47 Å². The normalized spacial score (nSPS) is 19.1. The fourth-order valence-corrected chi connectivity index (χ4v) is 7.44. The lowest BCUT2D eigenvalue weighted by molar-refractivity contribution is 0.0595. The maximum Gasteiger partial charge on any atom is 0.340 e. The van der Waals surface area contributed by atoms with Gasteiger partial charge in [-0.1, -0.05) is 38.1 Å². The van der Waals surface area contributed by atoms with E-state index in [2.05, 4.69) is 47.7 Å². The van der Waals surface area contributed by atoms with Crippen LogP contribution in [-0.4, -0.2) is 52.2 Å². The smallest absolute Gasteiger partial charge is 0.340 e. The number of sulfonamides is 1. The second-order valence-corrected chi connectivity index (χ2v) is 12.1. The van der Waals surface area contributed by atoms with Crippen molar-refractivity contribution >= 4 is 27.3 Å². The van der Waals surface area contributed by atoms with Crippen molar-refractivity contribution in [2.75, 3.05) is 26.8 Å². The van der Waals surface area contributed by atoms with Gasteiger partial charge in [0.2, 0.25) is 0 Å². The van der Waals surface area contributed by atoms with Gasteiger partial charge in [0, 0.05) is 37.7 Å². The molecule has 1 fully saturated rings. The summed E-state index contributed by atoms with van der Waals surface area (Å²) in [4.78, 5) is 15.8. The van der Waals surface area contributed by atoms with Crippen LogP contribution < -0.4 is 4.72 Å². The lowest BCUT2D eigenvalue weighted by atomic mass is 10.0. The zero-order valence-corrected chi connectivity index (χ0v) is 21.1. The number of nitrogens with zero attached hydrogens (tertiary/aromatic N) is 1. The molecule has 1 unspecified atom stereocenters. The third kappa shape index (κ3) is 5.49. The molecule has 9 heteroatoms. The molecule has 0 amide bonds. The zero-order valence-electron chi connectivity index (χ0n) is 19.4. The van der Waals surface area contributed by atoms with E-state index in [1.165, 1.54) is 29.6 Å². The molecule has 0 bridgehead atoms. The van der Waals surface area contributed by atoms with Crippen molar-refractivity contribution in [2.24, 2.45) is 0 Å². The molecule has 2 aromatic rings. The van der Waals surface area contributed by atoms with Gasteiger partial charge in [0.25, 0.3) is 10.0 Å². The molecule has 0 saturated carbocycles. The lowest BCUT2D eigenvalue weighted by Gasteiger charge is -2.27. The van der Waals surface area contributed by atoms with Crippen LogP contribution in [-0.2, 0) is 39.0 Å². The predicted molar refractivity (Wildman–Crippen MR) is 128 cm³/mol. The molecule has 1 aromatic heterocycles. The van der Waals surface area contributed by atoms with Crippen LogP contribution in [0.4, 0.5) is 0 Å². The molecule has 1 aromatic carbocycles. The van der Waals surface area contributed by atoms with Gasteiger partial charge in [-0.3, -0.25) is 4.90 Å². The van der Waals surface area contributed by atoms with Crippen LogP contribution in [0.3, 0.4) is 0 Å². The number of methoxy groups -OCH3 is 1. The predicted octanol–water partition coefficient (Wildman–Crippen LogP) is 3.67. The number of rotatable bonds is 8. The molecule has 180 valence electrons. The molecule has 4 rings (SSSR count). The molecular formula is C24H32N2O5S2. The van der Waals surface area contributed by atoms with Gasteiger partial charge in [-0.25, -0.2) is 17.9 Å². The largest absolute Gasteiger partial charge is 0.465 e. The maximum atomic E-state index is 13.1. The fraction of sp³-hybridized carbons (Fsp3) is 0.542. The summed E-state index contributed by atoms with van der Waals surface area (Å²) in [7, 11) is -2.56. The summed E-state index contributed by atoms with van der Waals surface area (Å²) in [5.74, 6) is -0.101. The van der Waals surface area contributed by atoms with Gasteiger partial charge >= 0.3 is 5.97 Å². The van der Waals surface area contributed by atoms with Crippen LogP contribution in [0.5, 0.6) is 0 Å². The second kappa shape index (κ2) is 10.2. The summed E-state index contributed by atoms with van der Waals surface area (Å²) >= 11 is 1.18. The number of hydrogen-bond donors (Lipinski definition) is 1. The Morgan fingerprint density at radius 2 is 2.06 bits per heavy atom. The van der Waals surface area contributed by atoms with Crippen molar-refractivity contribution in [3.63, 3.8) is 0 Å². The van der Waals surface area contributed by atoms with Gasteiger partial charge in [0.1, 0.15) is 4.21 Å². The topological polar surface area (TPSA) is 84.9 Å². The van der Waals surface area contributed by atoms with Gasteiger partial charge in [0.05, 0.1) is 18.8 Å². The maximum absolute atomic E-state index is 13.1. The number of benzene rings is 1. The summed E-state index contributed by atoms with van der Waals surface area (Å²) in [6.45, 7) is 7.37. The third-order valence-corrected chi connectivity index (χ3v) is 9.47. The van der Waals surface area contributed by atoms with Gasteiger partial charge in [0.15, 0.2) is 0 Å². The van der Waals surface area contributed by atoms with E-state index in [1.807, 2.05) is 0 Å². The third-order valence-electron chi connectivity index (χ3n) is 6.31. The average Bonchev–Trinajstić information content (AvgIpc) is 3.45. The van der Waals surface area contributed by atoms with Crippen molar-refractivity contribution in [1.29, 1.82) is 0 Å². The Kier molecular flexibility index (Phi) is 7.55. The highest BCUT2D eigenvalue weighted by atomic mass is 32.2. The van der Waals surface area contributed by atoms with Crippen molar-refractivity contribution in [3.8, 4) is 0 Å². The minimum absolute atomic E-state index is 0.0560. The van der Waals surface area contributed by atoms with Gasteiger partial charge in [-0.05, 0) is 41.9 Å². The van der Waals surface area contributed by atoms with E-state index in [1.54, 1.807) is 0 Å². The van der Waals surface area contributed by atoms with Crippen molar-refractivity contribution < 1.29 is 22.7 Å². The molecule has 1 N–H and O–H groups in total. The Bertz CT molecular complexity index is 1090. The lowest BCUT2D eigenvalue weighted by Crippen LogP contribution is -2.32. The number of carbonyl (C=O) groups is 1. The number of fused-ring (bicyclic) bond motifs is 1. The molecule has 33 heavy (non-hydrogen) atoms. The molecule has 0 spiro atoms. The van der Waals surface area contributed by atoms with Crippen LogP contribution in [0.15, 0.2) is 28.5 Å². The number of esters is 1. The SMILES string of the molecule is COC(=O)c1c(S(=O)(=O)NCC2CCCO2)sc2c1CCN(Cc1ccc(C(C)C)cc1)C2. The number of nitrogens with one attached hydrogen (secondary N) is 1. The summed E-state index contributed by atoms with van der Waals surface area (Å²) in [6, 6.07) is 8.65. The van der Waals surface area contributed by atoms with Crippen LogP contribution in [0.25, 0.3) is 0 Å². The van der Waals surface area contributed by atoms with E-state index >= 15 is 0 Å². The van der Waals surface area contributed by atoms with E-state index in [-0.39, 0.29) is 22.4 Å². The molecule has 1 saturated heterocycles. The zero-order chi connectivity index (χ0) is 23.6. The highest BCUT2D eigenvalue weighted by molar-refractivity contribution is 7.91. The minimum atomic E-state index is -3.85. The van der Waals surface area contributed by atoms with Crippen LogP contribution in [0.2, 0.25) is 0 Å². The monoisotopic (exact) mass is 492 g/mol. The summed E-state index contributed by atoms with van der Waals surface area (Å²) in [5.41, 5.74) is 3.53.